The second-order valence-corrected chi connectivity index (χ2v) is 10.2. The number of aromatic amines is 1. The summed E-state index contributed by atoms with van der Waals surface area (Å²) in [7, 11) is 0. The number of fused-ring (bicyclic) bond motifs is 1. The van der Waals surface area contributed by atoms with E-state index in [-0.39, 0.29) is 11.8 Å². The molecule has 5 N–H and O–H groups in total. The van der Waals surface area contributed by atoms with E-state index >= 15 is 0 Å². The first-order valence-electron chi connectivity index (χ1n) is 14.2. The number of carboxylic acids is 2. The molecule has 0 amide bonds. The predicted molar refractivity (Wildman–Crippen MR) is 161 cm³/mol. The monoisotopic (exact) mass is 722 g/mol. The Labute approximate surface area is 276 Å². The van der Waals surface area contributed by atoms with Gasteiger partial charge in [-0.25, -0.2) is 23.8 Å². The van der Waals surface area contributed by atoms with Crippen LogP contribution in [0.1, 0.15) is 11.1 Å². The largest absolute Gasteiger partial charge is 0.492 e. The van der Waals surface area contributed by atoms with E-state index in [1.807, 2.05) is 26.0 Å². The number of alkyl halides is 6. The summed E-state index contributed by atoms with van der Waals surface area (Å²) in [6.45, 7) is 8.80. The lowest BCUT2D eigenvalue weighted by Crippen LogP contribution is -2.38. The molecule has 2 aromatic carbocycles. The van der Waals surface area contributed by atoms with Crippen molar-refractivity contribution in [1.82, 2.24) is 19.9 Å². The van der Waals surface area contributed by atoms with Crippen molar-refractivity contribution in [3.63, 3.8) is 0 Å². The van der Waals surface area contributed by atoms with E-state index in [1.165, 1.54) is 0 Å². The van der Waals surface area contributed by atoms with Crippen molar-refractivity contribution in [3.05, 3.63) is 64.0 Å². The Morgan fingerprint density at radius 1 is 0.960 bits per heavy atom. The zero-order valence-electron chi connectivity index (χ0n) is 26.0. The van der Waals surface area contributed by atoms with Gasteiger partial charge in [0.25, 0.3) is 0 Å². The lowest BCUT2D eigenvalue weighted by molar-refractivity contribution is -0.193. The lowest BCUT2D eigenvalue weighted by atomic mass is 10.1. The molecule has 50 heavy (non-hydrogen) atoms. The third-order valence-corrected chi connectivity index (χ3v) is 6.38. The number of aliphatic carboxylic acids is 2. The molecule has 0 saturated carbocycles. The van der Waals surface area contributed by atoms with Crippen molar-refractivity contribution in [1.29, 1.82) is 0 Å². The molecule has 0 atom stereocenters. The summed E-state index contributed by atoms with van der Waals surface area (Å²) >= 11 is 0. The van der Waals surface area contributed by atoms with Gasteiger partial charge in [-0.1, -0.05) is 0 Å². The second kappa shape index (κ2) is 16.8. The summed E-state index contributed by atoms with van der Waals surface area (Å²) in [5, 5.41) is 20.3. The van der Waals surface area contributed by atoms with Gasteiger partial charge in [-0.2, -0.15) is 31.3 Å². The lowest BCUT2D eigenvalue weighted by Gasteiger charge is -2.26. The Kier molecular flexibility index (Phi) is 13.1. The number of aryl methyl sites for hydroxylation is 2. The zero-order valence-corrected chi connectivity index (χ0v) is 26.0. The van der Waals surface area contributed by atoms with Gasteiger partial charge in [-0.15, -0.1) is 0 Å². The maximum absolute atomic E-state index is 14.4. The maximum Gasteiger partial charge on any atom is 0.490 e. The van der Waals surface area contributed by atoms with Crippen LogP contribution in [0.25, 0.3) is 11.1 Å². The van der Waals surface area contributed by atoms with Gasteiger partial charge in [-0.3, -0.25) is 9.88 Å². The summed E-state index contributed by atoms with van der Waals surface area (Å²) in [5.41, 5.74) is 4.16. The van der Waals surface area contributed by atoms with Gasteiger partial charge in [0.2, 0.25) is 5.95 Å². The number of rotatable bonds is 8. The molecule has 21 heteroatoms. The Hall–Kier alpha value is -5.44. The minimum atomic E-state index is -5.08. The van der Waals surface area contributed by atoms with Crippen LogP contribution in [0.5, 0.6) is 5.75 Å². The van der Waals surface area contributed by atoms with E-state index < -0.39 is 35.9 Å². The Bertz CT molecular complexity index is 1790. The predicted octanol–water partition coefficient (Wildman–Crippen LogP) is 5.13. The molecule has 4 aromatic rings. The molecule has 14 nitrogen and oxygen atoms in total. The Morgan fingerprint density at radius 2 is 1.54 bits per heavy atom. The van der Waals surface area contributed by atoms with Crippen LogP contribution in [0.2, 0.25) is 0 Å². The molecule has 1 saturated heterocycles. The molecule has 1 aliphatic heterocycles. The summed E-state index contributed by atoms with van der Waals surface area (Å²) in [4.78, 5) is 42.4. The zero-order chi connectivity index (χ0) is 37.2. The molecule has 5 rings (SSSR count). The van der Waals surface area contributed by atoms with E-state index in [9.17, 15) is 35.5 Å². The number of H-pyrrole nitrogens is 1. The van der Waals surface area contributed by atoms with Gasteiger partial charge >= 0.3 is 30.0 Å². The van der Waals surface area contributed by atoms with E-state index in [0.29, 0.717) is 23.4 Å². The first-order chi connectivity index (χ1) is 23.3. The van der Waals surface area contributed by atoms with Crippen LogP contribution in [-0.2, 0) is 14.3 Å². The van der Waals surface area contributed by atoms with Crippen molar-refractivity contribution < 1.29 is 64.4 Å². The molecule has 0 radical (unpaired) electrons. The SMILES string of the molecule is Cc1cc(Nc2ncc(F)c(Nc3ccc4oc(=O)[nH]c4c3)n2)cc(C)c1OCCN1CCOCC1.O=C(O)C(F)(F)F.O=C(O)C(F)(F)F. The Balaban J connectivity index is 0.000000408. The first kappa shape index (κ1) is 39.0. The number of carboxylic acid groups (broad SMARTS) is 2. The number of halogens is 7. The summed E-state index contributed by atoms with van der Waals surface area (Å²) < 4.78 is 94.4. The number of ether oxygens (including phenoxy) is 2. The molecule has 2 aromatic heterocycles. The minimum absolute atomic E-state index is 0.00537. The summed E-state index contributed by atoms with van der Waals surface area (Å²) in [5.74, 6) is -5.60. The third kappa shape index (κ3) is 11.9. The van der Waals surface area contributed by atoms with E-state index in [1.54, 1.807) is 18.2 Å². The van der Waals surface area contributed by atoms with Crippen molar-refractivity contribution in [2.24, 2.45) is 0 Å². The highest BCUT2D eigenvalue weighted by Gasteiger charge is 2.38. The van der Waals surface area contributed by atoms with Crippen molar-refractivity contribution in [2.75, 3.05) is 50.1 Å². The minimum Gasteiger partial charge on any atom is -0.492 e. The van der Waals surface area contributed by atoms with Gasteiger partial charge in [-0.05, 0) is 55.3 Å². The second-order valence-electron chi connectivity index (χ2n) is 10.2. The molecule has 1 aliphatic rings. The van der Waals surface area contributed by atoms with Crippen LogP contribution in [0.15, 0.2) is 45.7 Å². The van der Waals surface area contributed by atoms with Crippen molar-refractivity contribution in [3.8, 4) is 5.75 Å². The van der Waals surface area contributed by atoms with Crippen LogP contribution in [0.4, 0.5) is 53.9 Å². The average Bonchev–Trinajstić information content (AvgIpc) is 3.39. The highest BCUT2D eigenvalue weighted by Crippen LogP contribution is 2.29. The van der Waals surface area contributed by atoms with Gasteiger partial charge in [0, 0.05) is 31.0 Å². The quantitative estimate of drug-likeness (QED) is 0.151. The van der Waals surface area contributed by atoms with Gasteiger partial charge in [0.05, 0.1) is 24.9 Å². The summed E-state index contributed by atoms with van der Waals surface area (Å²) in [6, 6.07) is 8.81. The molecule has 3 heterocycles. The third-order valence-electron chi connectivity index (χ3n) is 6.38. The molecule has 0 bridgehead atoms. The molecule has 0 unspecified atom stereocenters. The molecule has 0 aliphatic carbocycles. The number of nitrogens with zero attached hydrogens (tertiary/aromatic N) is 3. The van der Waals surface area contributed by atoms with E-state index in [0.717, 1.165) is 61.6 Å². The highest BCUT2D eigenvalue weighted by molar-refractivity contribution is 5.78. The van der Waals surface area contributed by atoms with Crippen LogP contribution in [0.3, 0.4) is 0 Å². The molecular formula is C29H29F7N6O8. The highest BCUT2D eigenvalue weighted by atomic mass is 19.4. The molecular weight excluding hydrogens is 693 g/mol. The smallest absolute Gasteiger partial charge is 0.490 e. The standard InChI is InChI=1S/C25H27FN6O4.2C2HF3O2/c1-15-11-18(12-16(2)22(15)35-10-7-32-5-8-34-9-6-32)29-24-27-14-19(26)23(31-24)28-17-3-4-21-20(13-17)30-25(33)36-21;2*3-2(4,5)1(6)7/h3-4,11-14H,5-10H2,1-2H3,(H,30,33)(H2,27,28,29,31);2*(H,6,7). The van der Waals surface area contributed by atoms with Crippen LogP contribution in [0, 0.1) is 19.7 Å². The normalized spacial score (nSPS) is 13.4. The van der Waals surface area contributed by atoms with Crippen LogP contribution < -0.4 is 21.1 Å². The van der Waals surface area contributed by atoms with Gasteiger partial charge in [0.15, 0.2) is 17.2 Å². The topological polar surface area (TPSA) is 192 Å². The Morgan fingerprint density at radius 3 is 2.10 bits per heavy atom. The summed E-state index contributed by atoms with van der Waals surface area (Å²) in [6.07, 6.45) is -9.07. The number of carbonyl (C=O) groups is 2. The number of benzene rings is 2. The molecule has 272 valence electrons. The number of aromatic nitrogens is 3. The van der Waals surface area contributed by atoms with E-state index in [4.69, 9.17) is 33.7 Å². The average molecular weight is 723 g/mol. The van der Waals surface area contributed by atoms with Crippen LogP contribution >= 0.6 is 0 Å². The number of hydrogen-bond donors (Lipinski definition) is 5. The fourth-order valence-corrected chi connectivity index (χ4v) is 4.16. The number of hydrogen-bond acceptors (Lipinski definition) is 11. The van der Waals surface area contributed by atoms with Gasteiger partial charge < -0.3 is 34.7 Å². The number of anilines is 4. The first-order valence-corrected chi connectivity index (χ1v) is 14.2. The van der Waals surface area contributed by atoms with Crippen molar-refractivity contribution >= 4 is 46.2 Å². The number of oxazole rings is 1. The fraction of sp³-hybridized carbons (Fsp3) is 0.345. The van der Waals surface area contributed by atoms with Crippen molar-refractivity contribution in [2.45, 2.75) is 26.2 Å². The molecule has 0 spiro atoms. The van der Waals surface area contributed by atoms with Crippen LogP contribution in [-0.4, -0.2) is 93.8 Å². The fourth-order valence-electron chi connectivity index (χ4n) is 4.16. The van der Waals surface area contributed by atoms with Gasteiger partial charge in [0.1, 0.15) is 12.4 Å². The molecule has 1 fully saturated rings. The number of nitrogens with one attached hydrogen (secondary N) is 3. The number of morpholine rings is 1. The van der Waals surface area contributed by atoms with E-state index in [2.05, 4.69) is 30.5 Å². The maximum atomic E-state index is 14.4.